The predicted molar refractivity (Wildman–Crippen MR) is 124 cm³/mol. The molecule has 1 aromatic carbocycles. The molecule has 0 aromatic heterocycles. The third-order valence-electron chi connectivity index (χ3n) is 6.58. The molecule has 0 bridgehead atoms. The molecule has 7 atom stereocenters. The monoisotopic (exact) mass is 500 g/mol. The standard InChI is InChI=1S/C25H34ClFO7/c1-2-4-22(25(30)31)32-12-15-7-9-18-17(20(29)11-23(18)33-13-15)10-8-16(28)14-34-21-6-3-5-19(26)24(21)27/h3,5-6,8,10,15-18,20,22-23,28-29H,2,4,7,9,11-14H2,1H3,(H,30,31)/t15-,16+,17+,18+,20+,22?,23-/m0/s1. The van der Waals surface area contributed by atoms with Crippen molar-refractivity contribution in [3.8, 4) is 5.75 Å². The van der Waals surface area contributed by atoms with Gasteiger partial charge in [0.15, 0.2) is 17.7 Å². The van der Waals surface area contributed by atoms with Gasteiger partial charge in [0.25, 0.3) is 0 Å². The Morgan fingerprint density at radius 1 is 1.38 bits per heavy atom. The molecule has 2 fully saturated rings. The number of aliphatic hydroxyl groups is 2. The topological polar surface area (TPSA) is 105 Å². The van der Waals surface area contributed by atoms with E-state index in [9.17, 15) is 24.5 Å². The SMILES string of the molecule is CCCC(OC[C@@H]1CC[C@@H]2[C@@H](C=C[C@@H](O)COc3cccc(Cl)c3F)[C@H](O)C[C@@H]2OC1)C(=O)O. The summed E-state index contributed by atoms with van der Waals surface area (Å²) in [5.41, 5.74) is 0. The van der Waals surface area contributed by atoms with Gasteiger partial charge in [0.05, 0.1) is 30.4 Å². The third-order valence-corrected chi connectivity index (χ3v) is 6.88. The van der Waals surface area contributed by atoms with Crippen LogP contribution in [-0.2, 0) is 14.3 Å². The van der Waals surface area contributed by atoms with Crippen molar-refractivity contribution in [1.29, 1.82) is 0 Å². The summed E-state index contributed by atoms with van der Waals surface area (Å²) in [6, 6.07) is 4.42. The first kappa shape index (κ1) is 26.9. The lowest BCUT2D eigenvalue weighted by atomic mass is 9.87. The van der Waals surface area contributed by atoms with Gasteiger partial charge in [-0.15, -0.1) is 0 Å². The van der Waals surface area contributed by atoms with Gasteiger partial charge in [0, 0.05) is 18.3 Å². The third kappa shape index (κ3) is 7.15. The minimum atomic E-state index is -0.982. The van der Waals surface area contributed by atoms with Crippen LogP contribution in [0.25, 0.3) is 0 Å². The Labute approximate surface area is 204 Å². The van der Waals surface area contributed by atoms with E-state index in [1.54, 1.807) is 18.2 Å². The molecular weight excluding hydrogens is 467 g/mol. The van der Waals surface area contributed by atoms with E-state index in [1.165, 1.54) is 12.1 Å². The van der Waals surface area contributed by atoms with E-state index in [1.807, 2.05) is 6.92 Å². The molecule has 0 amide bonds. The number of carboxylic acid groups (broad SMARTS) is 1. The molecule has 1 unspecified atom stereocenters. The molecule has 2 aliphatic rings. The van der Waals surface area contributed by atoms with Gasteiger partial charge in [-0.25, -0.2) is 9.18 Å². The van der Waals surface area contributed by atoms with Crippen LogP contribution in [0.3, 0.4) is 0 Å². The van der Waals surface area contributed by atoms with Crippen LogP contribution in [0.5, 0.6) is 5.75 Å². The molecule has 1 saturated carbocycles. The zero-order chi connectivity index (χ0) is 24.7. The van der Waals surface area contributed by atoms with Crippen molar-refractivity contribution < 1.29 is 38.7 Å². The van der Waals surface area contributed by atoms with Crippen LogP contribution in [0.4, 0.5) is 4.39 Å². The molecular formula is C25H34ClFO7. The summed E-state index contributed by atoms with van der Waals surface area (Å²) in [5.74, 6) is -1.65. The van der Waals surface area contributed by atoms with E-state index < -0.39 is 30.1 Å². The number of halogens is 2. The molecule has 1 saturated heterocycles. The van der Waals surface area contributed by atoms with Crippen molar-refractivity contribution in [1.82, 2.24) is 0 Å². The molecule has 1 aliphatic heterocycles. The maximum atomic E-state index is 13.9. The van der Waals surface area contributed by atoms with Crippen LogP contribution in [0, 0.1) is 23.6 Å². The van der Waals surface area contributed by atoms with Crippen molar-refractivity contribution in [2.75, 3.05) is 19.8 Å². The Hall–Kier alpha value is -1.71. The van der Waals surface area contributed by atoms with Gasteiger partial charge in [-0.1, -0.05) is 43.2 Å². The van der Waals surface area contributed by atoms with Crippen molar-refractivity contribution in [3.63, 3.8) is 0 Å². The number of aliphatic hydroxyl groups excluding tert-OH is 2. The molecule has 0 spiro atoms. The highest BCUT2D eigenvalue weighted by molar-refractivity contribution is 6.30. The van der Waals surface area contributed by atoms with E-state index in [4.69, 9.17) is 25.8 Å². The summed E-state index contributed by atoms with van der Waals surface area (Å²) < 4.78 is 31.0. The maximum Gasteiger partial charge on any atom is 0.332 e. The number of rotatable bonds is 11. The quantitative estimate of drug-likeness (QED) is 0.396. The number of ether oxygens (including phenoxy) is 3. The fourth-order valence-corrected chi connectivity index (χ4v) is 4.89. The number of carboxylic acids is 1. The second-order valence-corrected chi connectivity index (χ2v) is 9.53. The Morgan fingerprint density at radius 3 is 2.91 bits per heavy atom. The lowest BCUT2D eigenvalue weighted by Crippen LogP contribution is -2.27. The second-order valence-electron chi connectivity index (χ2n) is 9.12. The van der Waals surface area contributed by atoms with Crippen molar-refractivity contribution in [2.24, 2.45) is 17.8 Å². The fourth-order valence-electron chi connectivity index (χ4n) is 4.72. The molecule has 1 heterocycles. The first-order chi connectivity index (χ1) is 16.3. The normalized spacial score (nSPS) is 28.9. The smallest absolute Gasteiger partial charge is 0.332 e. The van der Waals surface area contributed by atoms with Gasteiger partial charge in [-0.3, -0.25) is 0 Å². The summed E-state index contributed by atoms with van der Waals surface area (Å²) in [5, 5.41) is 30.1. The van der Waals surface area contributed by atoms with Crippen LogP contribution < -0.4 is 4.74 Å². The van der Waals surface area contributed by atoms with E-state index >= 15 is 0 Å². The average Bonchev–Trinajstić information content (AvgIpc) is 2.96. The van der Waals surface area contributed by atoms with Crippen LogP contribution in [-0.4, -0.2) is 65.5 Å². The number of benzene rings is 1. The molecule has 1 aliphatic carbocycles. The minimum absolute atomic E-state index is 0.0320. The minimum Gasteiger partial charge on any atom is -0.487 e. The van der Waals surface area contributed by atoms with Gasteiger partial charge in [-0.2, -0.15) is 0 Å². The van der Waals surface area contributed by atoms with Crippen LogP contribution in [0.2, 0.25) is 5.02 Å². The Morgan fingerprint density at radius 2 is 2.18 bits per heavy atom. The molecule has 0 radical (unpaired) electrons. The van der Waals surface area contributed by atoms with Crippen LogP contribution in [0.1, 0.15) is 39.0 Å². The lowest BCUT2D eigenvalue weighted by molar-refractivity contribution is -0.152. The summed E-state index contributed by atoms with van der Waals surface area (Å²) in [4.78, 5) is 11.3. The zero-order valence-corrected chi connectivity index (χ0v) is 20.1. The lowest BCUT2D eigenvalue weighted by Gasteiger charge is -2.21. The van der Waals surface area contributed by atoms with Crippen molar-refractivity contribution in [2.45, 2.75) is 63.4 Å². The summed E-state index contributed by atoms with van der Waals surface area (Å²) in [6.07, 6.45) is 4.20. The van der Waals surface area contributed by atoms with Gasteiger partial charge < -0.3 is 29.5 Å². The summed E-state index contributed by atoms with van der Waals surface area (Å²) in [6.45, 7) is 2.57. The van der Waals surface area contributed by atoms with E-state index in [0.29, 0.717) is 26.1 Å². The zero-order valence-electron chi connectivity index (χ0n) is 19.3. The largest absolute Gasteiger partial charge is 0.487 e. The first-order valence-corrected chi connectivity index (χ1v) is 12.2. The highest BCUT2D eigenvalue weighted by Gasteiger charge is 2.43. The van der Waals surface area contributed by atoms with E-state index in [2.05, 4.69) is 0 Å². The molecule has 1 aromatic rings. The summed E-state index contributed by atoms with van der Waals surface area (Å²) in [7, 11) is 0. The molecule has 9 heteroatoms. The average molecular weight is 501 g/mol. The first-order valence-electron chi connectivity index (χ1n) is 11.9. The van der Waals surface area contributed by atoms with Gasteiger partial charge in [-0.05, 0) is 37.3 Å². The number of fused-ring (bicyclic) bond motifs is 1. The van der Waals surface area contributed by atoms with Crippen molar-refractivity contribution in [3.05, 3.63) is 41.2 Å². The molecule has 7 nitrogen and oxygen atoms in total. The number of hydrogen-bond donors (Lipinski definition) is 3. The van der Waals surface area contributed by atoms with Gasteiger partial charge in [0.1, 0.15) is 12.7 Å². The molecule has 34 heavy (non-hydrogen) atoms. The summed E-state index contributed by atoms with van der Waals surface area (Å²) >= 11 is 5.74. The Kier molecular flexibility index (Phi) is 10.2. The maximum absolute atomic E-state index is 13.9. The molecule has 3 rings (SSSR count). The second kappa shape index (κ2) is 12.8. The fraction of sp³-hybridized carbons (Fsp3) is 0.640. The number of hydrogen-bond acceptors (Lipinski definition) is 6. The van der Waals surface area contributed by atoms with Crippen molar-refractivity contribution >= 4 is 17.6 Å². The van der Waals surface area contributed by atoms with Crippen LogP contribution >= 0.6 is 11.6 Å². The highest BCUT2D eigenvalue weighted by Crippen LogP contribution is 2.41. The molecule has 190 valence electrons. The predicted octanol–water partition coefficient (Wildman–Crippen LogP) is 3.84. The Balaban J connectivity index is 1.51. The molecule has 3 N–H and O–H groups in total. The Bertz CT molecular complexity index is 835. The highest BCUT2D eigenvalue weighted by atomic mass is 35.5. The number of aliphatic carboxylic acids is 1. The van der Waals surface area contributed by atoms with Gasteiger partial charge in [0.2, 0.25) is 0 Å². The van der Waals surface area contributed by atoms with Gasteiger partial charge >= 0.3 is 5.97 Å². The number of carbonyl (C=O) groups is 1. The van der Waals surface area contributed by atoms with E-state index in [-0.39, 0.29) is 41.2 Å². The van der Waals surface area contributed by atoms with E-state index in [0.717, 1.165) is 19.3 Å². The van der Waals surface area contributed by atoms with Crippen LogP contribution in [0.15, 0.2) is 30.4 Å².